The Bertz CT molecular complexity index is 1260. The monoisotopic (exact) mass is 490 g/mol. The van der Waals surface area contributed by atoms with Gasteiger partial charge in [-0.3, -0.25) is 4.72 Å². The number of ether oxygens (including phenoxy) is 2. The van der Waals surface area contributed by atoms with Gasteiger partial charge < -0.3 is 14.0 Å². The topological polar surface area (TPSA) is 90.7 Å². The zero-order chi connectivity index (χ0) is 21.1. The molecule has 0 radical (unpaired) electrons. The zero-order valence-electron chi connectivity index (χ0n) is 16.4. The van der Waals surface area contributed by atoms with Crippen molar-refractivity contribution in [3.05, 3.63) is 52.0 Å². The van der Waals surface area contributed by atoms with Crippen molar-refractivity contribution in [3.8, 4) is 22.8 Å². The summed E-state index contributed by atoms with van der Waals surface area (Å²) < 4.78 is 45.9. The molecule has 1 saturated carbocycles. The van der Waals surface area contributed by atoms with E-state index in [4.69, 9.17) is 14.0 Å². The van der Waals surface area contributed by atoms with Crippen molar-refractivity contribution in [1.29, 1.82) is 0 Å². The second kappa shape index (κ2) is 6.75. The van der Waals surface area contributed by atoms with Crippen molar-refractivity contribution >= 4 is 31.8 Å². The molecule has 0 atom stereocenters. The van der Waals surface area contributed by atoms with Crippen LogP contribution in [0, 0.1) is 0 Å². The maximum atomic E-state index is 13.0. The fourth-order valence-electron chi connectivity index (χ4n) is 4.21. The third-order valence-corrected chi connectivity index (χ3v) is 7.82. The lowest BCUT2D eigenvalue weighted by atomic mass is 9.79. The molecule has 1 N–H and O–H groups in total. The van der Waals surface area contributed by atoms with Crippen molar-refractivity contribution in [1.82, 2.24) is 5.16 Å². The summed E-state index contributed by atoms with van der Waals surface area (Å²) in [5.74, 6) is 1.74. The molecular formula is C21H19BrN2O5S. The molecule has 2 aliphatic rings. The number of nitrogens with one attached hydrogen (secondary N) is 1. The molecule has 2 aromatic carbocycles. The van der Waals surface area contributed by atoms with Crippen LogP contribution in [0.15, 0.2) is 50.3 Å². The van der Waals surface area contributed by atoms with E-state index < -0.39 is 10.0 Å². The number of methoxy groups -OCH3 is 2. The van der Waals surface area contributed by atoms with Crippen molar-refractivity contribution in [2.45, 2.75) is 29.6 Å². The Hall–Kier alpha value is -2.52. The second-order valence-corrected chi connectivity index (χ2v) is 10.1. The molecule has 0 unspecified atom stereocenters. The van der Waals surface area contributed by atoms with Gasteiger partial charge in [0.15, 0.2) is 11.6 Å². The Morgan fingerprint density at radius 1 is 1.17 bits per heavy atom. The molecule has 7 nitrogen and oxygen atoms in total. The summed E-state index contributed by atoms with van der Waals surface area (Å²) >= 11 is 3.68. The van der Waals surface area contributed by atoms with E-state index in [0.29, 0.717) is 17.9 Å². The van der Waals surface area contributed by atoms with Crippen molar-refractivity contribution < 1.29 is 22.4 Å². The Morgan fingerprint density at radius 2 is 1.93 bits per heavy atom. The zero-order valence-corrected chi connectivity index (χ0v) is 18.8. The van der Waals surface area contributed by atoms with Gasteiger partial charge >= 0.3 is 0 Å². The molecule has 5 rings (SSSR count). The largest absolute Gasteiger partial charge is 0.497 e. The van der Waals surface area contributed by atoms with Crippen LogP contribution in [0.25, 0.3) is 11.3 Å². The number of para-hydroxylation sites is 1. The number of halogens is 1. The van der Waals surface area contributed by atoms with Gasteiger partial charge in [0.2, 0.25) is 0 Å². The highest BCUT2D eigenvalue weighted by molar-refractivity contribution is 9.10. The number of rotatable bonds is 5. The van der Waals surface area contributed by atoms with E-state index in [2.05, 4.69) is 25.8 Å². The summed E-state index contributed by atoms with van der Waals surface area (Å²) in [6, 6.07) is 10.3. The smallest absolute Gasteiger partial charge is 0.266 e. The van der Waals surface area contributed by atoms with Crippen LogP contribution >= 0.6 is 15.9 Å². The van der Waals surface area contributed by atoms with Gasteiger partial charge in [0.1, 0.15) is 16.4 Å². The van der Waals surface area contributed by atoms with Crippen LogP contribution in [-0.4, -0.2) is 27.8 Å². The van der Waals surface area contributed by atoms with E-state index in [1.807, 2.05) is 12.1 Å². The molecule has 30 heavy (non-hydrogen) atoms. The van der Waals surface area contributed by atoms with Crippen LogP contribution in [-0.2, 0) is 21.9 Å². The Kier molecular flexibility index (Phi) is 4.37. The normalized spacial score (nSPS) is 16.0. The highest BCUT2D eigenvalue weighted by Crippen LogP contribution is 2.60. The average molecular weight is 491 g/mol. The molecule has 1 spiro atoms. The first-order chi connectivity index (χ1) is 14.4. The summed E-state index contributed by atoms with van der Waals surface area (Å²) in [7, 11) is -0.861. The number of aromatic nitrogens is 1. The Labute approximate surface area is 182 Å². The van der Waals surface area contributed by atoms with Crippen LogP contribution in [0.5, 0.6) is 11.5 Å². The number of benzene rings is 2. The minimum absolute atomic E-state index is 0.0381. The predicted octanol–water partition coefficient (Wildman–Crippen LogP) is 4.51. The molecule has 156 valence electrons. The minimum atomic E-state index is -3.91. The molecule has 1 heterocycles. The first kappa shape index (κ1) is 19.4. The van der Waals surface area contributed by atoms with Gasteiger partial charge in [-0.25, -0.2) is 8.42 Å². The van der Waals surface area contributed by atoms with Gasteiger partial charge in [-0.15, -0.1) is 0 Å². The molecule has 0 aliphatic heterocycles. The van der Waals surface area contributed by atoms with Crippen LogP contribution < -0.4 is 14.2 Å². The number of nitrogens with zero attached hydrogens (tertiary/aromatic N) is 1. The summed E-state index contributed by atoms with van der Waals surface area (Å²) in [6.45, 7) is 0. The Morgan fingerprint density at radius 3 is 2.63 bits per heavy atom. The molecule has 2 aliphatic carbocycles. The van der Waals surface area contributed by atoms with Gasteiger partial charge in [0.05, 0.1) is 14.2 Å². The molecule has 3 aromatic rings. The molecule has 1 fully saturated rings. The summed E-state index contributed by atoms with van der Waals surface area (Å²) in [5, 5.41) is 4.08. The first-order valence-electron chi connectivity index (χ1n) is 9.41. The summed E-state index contributed by atoms with van der Waals surface area (Å²) in [6.07, 6.45) is 2.70. The number of hydrogen-bond donors (Lipinski definition) is 1. The third kappa shape index (κ3) is 2.91. The maximum absolute atomic E-state index is 13.0. The van der Waals surface area contributed by atoms with E-state index in [9.17, 15) is 8.42 Å². The number of hydrogen-bond acceptors (Lipinski definition) is 6. The lowest BCUT2D eigenvalue weighted by Gasteiger charge is -2.26. The van der Waals surface area contributed by atoms with E-state index >= 15 is 0 Å². The molecule has 0 saturated heterocycles. The van der Waals surface area contributed by atoms with Crippen molar-refractivity contribution in [2.75, 3.05) is 18.9 Å². The Balaban J connectivity index is 1.60. The number of sulfonamides is 1. The first-order valence-corrected chi connectivity index (χ1v) is 11.7. The van der Waals surface area contributed by atoms with Crippen LogP contribution in [0.3, 0.4) is 0 Å². The van der Waals surface area contributed by atoms with Crippen LogP contribution in [0.4, 0.5) is 5.82 Å². The maximum Gasteiger partial charge on any atom is 0.266 e. The third-order valence-electron chi connectivity index (χ3n) is 5.82. The predicted molar refractivity (Wildman–Crippen MR) is 115 cm³/mol. The van der Waals surface area contributed by atoms with Crippen LogP contribution in [0.1, 0.15) is 24.0 Å². The van der Waals surface area contributed by atoms with Crippen LogP contribution in [0.2, 0.25) is 0 Å². The molecule has 1 aromatic heterocycles. The van der Waals surface area contributed by atoms with Gasteiger partial charge in [0, 0.05) is 21.0 Å². The fourth-order valence-corrected chi connectivity index (χ4v) is 6.27. The van der Waals surface area contributed by atoms with Crippen molar-refractivity contribution in [2.24, 2.45) is 0 Å². The van der Waals surface area contributed by atoms with Crippen molar-refractivity contribution in [3.63, 3.8) is 0 Å². The molecule has 9 heteroatoms. The fraction of sp³-hybridized carbons (Fsp3) is 0.286. The lowest BCUT2D eigenvalue weighted by molar-refractivity contribution is 0.403. The summed E-state index contributed by atoms with van der Waals surface area (Å²) in [5.41, 5.74) is 2.78. The number of anilines is 1. The highest BCUT2D eigenvalue weighted by Gasteiger charge is 2.52. The van der Waals surface area contributed by atoms with Gasteiger partial charge in [-0.2, -0.15) is 0 Å². The van der Waals surface area contributed by atoms with E-state index in [0.717, 1.165) is 28.4 Å². The van der Waals surface area contributed by atoms with Gasteiger partial charge in [-0.05, 0) is 49.1 Å². The van der Waals surface area contributed by atoms with E-state index in [-0.39, 0.29) is 21.9 Å². The standard InChI is InChI=1S/C21H19BrN2O5S/c1-27-12-9-13-18(15(22)10-12)21(7-8-21)11-14-19(13)29-23-20(14)24-30(25,26)17-6-4-3-5-16(17)28-2/h3-6,9-10H,7-8,11H2,1-2H3,(H,23,24). The quantitative estimate of drug-likeness (QED) is 0.565. The van der Waals surface area contributed by atoms with Gasteiger partial charge in [-0.1, -0.05) is 33.2 Å². The van der Waals surface area contributed by atoms with E-state index in [1.54, 1.807) is 25.3 Å². The molecular weight excluding hydrogens is 472 g/mol. The summed E-state index contributed by atoms with van der Waals surface area (Å²) in [4.78, 5) is 0.0472. The molecule has 0 amide bonds. The SMILES string of the molecule is COc1cc(Br)c2c(c1)-c1onc(NS(=O)(=O)c3ccccc3OC)c1CC21CC1. The van der Waals surface area contributed by atoms with E-state index in [1.165, 1.54) is 18.7 Å². The average Bonchev–Trinajstić information content (AvgIpc) is 3.39. The second-order valence-electron chi connectivity index (χ2n) is 7.58. The molecule has 0 bridgehead atoms. The van der Waals surface area contributed by atoms with Gasteiger partial charge in [0.25, 0.3) is 10.0 Å². The highest BCUT2D eigenvalue weighted by atomic mass is 79.9. The lowest BCUT2D eigenvalue weighted by Crippen LogP contribution is -2.20. The number of fused-ring (bicyclic) bond motifs is 4. The minimum Gasteiger partial charge on any atom is -0.497 e.